The van der Waals surface area contributed by atoms with Crippen molar-refractivity contribution in [3.05, 3.63) is 60.2 Å². The number of halogens is 1. The number of hydrogen-bond donors (Lipinski definition) is 2. The highest BCUT2D eigenvalue weighted by molar-refractivity contribution is 6.05. The van der Waals surface area contributed by atoms with E-state index in [-0.39, 0.29) is 23.0 Å². The van der Waals surface area contributed by atoms with E-state index in [0.717, 1.165) is 44.0 Å². The van der Waals surface area contributed by atoms with Crippen molar-refractivity contribution in [2.75, 3.05) is 48.4 Å². The first-order chi connectivity index (χ1) is 17.1. The molecule has 2 atom stereocenters. The summed E-state index contributed by atoms with van der Waals surface area (Å²) in [7, 11) is 1.46. The normalized spacial score (nSPS) is 20.6. The lowest BCUT2D eigenvalue weighted by Crippen LogP contribution is -2.44. The molecule has 8 nitrogen and oxygen atoms in total. The van der Waals surface area contributed by atoms with E-state index in [2.05, 4.69) is 42.5 Å². The van der Waals surface area contributed by atoms with Crippen LogP contribution in [0.5, 0.6) is 5.75 Å². The monoisotopic (exact) mass is 474 g/mol. The van der Waals surface area contributed by atoms with Crippen LogP contribution in [-0.4, -0.2) is 61.2 Å². The SMILES string of the molecule is COc1cccc(F)c1-c1nccc(C(=O)Nc2ccc(N3CCC3)cc2N2C[C@@H]3C[C@H]2CN3)n1. The number of nitrogens with zero attached hydrogens (tertiary/aromatic N) is 4. The third kappa shape index (κ3) is 3.95. The number of carbonyl (C=O) groups excluding carboxylic acids is 1. The van der Waals surface area contributed by atoms with Crippen molar-refractivity contribution in [1.29, 1.82) is 0 Å². The van der Waals surface area contributed by atoms with Crippen molar-refractivity contribution < 1.29 is 13.9 Å². The maximum absolute atomic E-state index is 14.6. The van der Waals surface area contributed by atoms with E-state index in [0.29, 0.717) is 17.8 Å². The Hall–Kier alpha value is -3.72. The number of carbonyl (C=O) groups is 1. The molecule has 3 fully saturated rings. The molecule has 0 aliphatic carbocycles. The molecule has 0 unspecified atom stereocenters. The van der Waals surface area contributed by atoms with E-state index in [9.17, 15) is 9.18 Å². The third-order valence-corrected chi connectivity index (χ3v) is 7.12. The van der Waals surface area contributed by atoms with Crippen LogP contribution in [0.15, 0.2) is 48.7 Å². The molecule has 0 spiro atoms. The first kappa shape index (κ1) is 21.8. The van der Waals surface area contributed by atoms with Gasteiger partial charge in [-0.15, -0.1) is 0 Å². The van der Waals surface area contributed by atoms with E-state index in [1.807, 2.05) is 6.07 Å². The predicted molar refractivity (Wildman–Crippen MR) is 133 cm³/mol. The standard InChI is InChI=1S/C26H27FN6O2/c1-35-23-5-2-4-19(27)24(23)25-28-9-8-21(30-25)26(34)31-20-7-6-17(32-10-3-11-32)13-22(20)33-15-16-12-18(33)14-29-16/h2,4-9,13,16,18,29H,3,10-12,14-15H2,1H3,(H,31,34)/t16-,18-/m0/s1. The van der Waals surface area contributed by atoms with Gasteiger partial charge >= 0.3 is 0 Å². The highest BCUT2D eigenvalue weighted by Crippen LogP contribution is 2.38. The molecule has 6 rings (SSSR count). The molecule has 3 saturated heterocycles. The highest BCUT2D eigenvalue weighted by Gasteiger charge is 2.38. The van der Waals surface area contributed by atoms with Gasteiger partial charge in [0.1, 0.15) is 17.3 Å². The van der Waals surface area contributed by atoms with Crippen molar-refractivity contribution in [2.24, 2.45) is 0 Å². The number of benzene rings is 2. The molecule has 180 valence electrons. The molecule has 3 aromatic rings. The number of anilines is 3. The molecule has 2 bridgehead atoms. The lowest BCUT2D eigenvalue weighted by molar-refractivity contribution is 0.102. The molecule has 9 heteroatoms. The molecular weight excluding hydrogens is 447 g/mol. The van der Waals surface area contributed by atoms with Crippen LogP contribution in [0.1, 0.15) is 23.3 Å². The fraction of sp³-hybridized carbons (Fsp3) is 0.346. The minimum Gasteiger partial charge on any atom is -0.496 e. The van der Waals surface area contributed by atoms with E-state index in [1.54, 1.807) is 12.1 Å². The number of piperazine rings is 1. The second-order valence-corrected chi connectivity index (χ2v) is 9.23. The topological polar surface area (TPSA) is 82.6 Å². The number of amides is 1. The zero-order valence-corrected chi connectivity index (χ0v) is 19.5. The molecule has 1 aromatic heterocycles. The second-order valence-electron chi connectivity index (χ2n) is 9.23. The average Bonchev–Trinajstić information content (AvgIpc) is 3.47. The quantitative estimate of drug-likeness (QED) is 0.567. The van der Waals surface area contributed by atoms with Gasteiger partial charge in [0.05, 0.1) is 24.0 Å². The summed E-state index contributed by atoms with van der Waals surface area (Å²) in [6.07, 6.45) is 3.78. The summed E-state index contributed by atoms with van der Waals surface area (Å²) in [5.41, 5.74) is 3.24. The Bertz CT molecular complexity index is 1280. The zero-order valence-electron chi connectivity index (χ0n) is 19.5. The van der Waals surface area contributed by atoms with Gasteiger partial charge in [-0.3, -0.25) is 4.79 Å². The Labute approximate surface area is 203 Å². The van der Waals surface area contributed by atoms with Gasteiger partial charge < -0.3 is 25.2 Å². The molecular formula is C26H27FN6O2. The van der Waals surface area contributed by atoms with Gasteiger partial charge in [-0.05, 0) is 49.2 Å². The predicted octanol–water partition coefficient (Wildman–Crippen LogP) is 3.30. The lowest BCUT2D eigenvalue weighted by Gasteiger charge is -2.36. The van der Waals surface area contributed by atoms with Crippen LogP contribution in [0.25, 0.3) is 11.4 Å². The maximum atomic E-state index is 14.6. The van der Waals surface area contributed by atoms with Crippen molar-refractivity contribution in [1.82, 2.24) is 15.3 Å². The summed E-state index contributed by atoms with van der Waals surface area (Å²) in [4.78, 5) is 26.6. The summed E-state index contributed by atoms with van der Waals surface area (Å²) in [6.45, 7) is 3.98. The minimum absolute atomic E-state index is 0.101. The highest BCUT2D eigenvalue weighted by atomic mass is 19.1. The van der Waals surface area contributed by atoms with Crippen LogP contribution in [0, 0.1) is 5.82 Å². The number of hydrogen-bond acceptors (Lipinski definition) is 7. The average molecular weight is 475 g/mol. The first-order valence-corrected chi connectivity index (χ1v) is 12.0. The molecule has 3 aliphatic heterocycles. The largest absolute Gasteiger partial charge is 0.496 e. The second kappa shape index (κ2) is 8.81. The molecule has 3 aliphatic rings. The number of rotatable bonds is 6. The van der Waals surface area contributed by atoms with Gasteiger partial charge in [0.15, 0.2) is 5.82 Å². The van der Waals surface area contributed by atoms with E-state index in [1.165, 1.54) is 37.5 Å². The van der Waals surface area contributed by atoms with E-state index < -0.39 is 5.82 Å². The summed E-state index contributed by atoms with van der Waals surface area (Å²) in [5.74, 6) is -0.471. The number of nitrogens with one attached hydrogen (secondary N) is 2. The summed E-state index contributed by atoms with van der Waals surface area (Å²) >= 11 is 0. The van der Waals surface area contributed by atoms with Crippen LogP contribution < -0.4 is 25.2 Å². The van der Waals surface area contributed by atoms with Gasteiger partial charge in [0.25, 0.3) is 5.91 Å². The molecule has 35 heavy (non-hydrogen) atoms. The van der Waals surface area contributed by atoms with Crippen LogP contribution >= 0.6 is 0 Å². The van der Waals surface area contributed by atoms with Gasteiger partial charge in [-0.25, -0.2) is 14.4 Å². The van der Waals surface area contributed by atoms with Crippen molar-refractivity contribution in [2.45, 2.75) is 24.9 Å². The van der Waals surface area contributed by atoms with Crippen LogP contribution in [-0.2, 0) is 0 Å². The maximum Gasteiger partial charge on any atom is 0.274 e. The molecule has 1 amide bonds. The van der Waals surface area contributed by atoms with Crippen molar-refractivity contribution in [3.63, 3.8) is 0 Å². The van der Waals surface area contributed by atoms with Crippen molar-refractivity contribution in [3.8, 4) is 17.1 Å². The molecule has 0 saturated carbocycles. The third-order valence-electron chi connectivity index (χ3n) is 7.12. The molecule has 4 heterocycles. The molecule has 0 radical (unpaired) electrons. The number of methoxy groups -OCH3 is 1. The van der Waals surface area contributed by atoms with Crippen LogP contribution in [0.3, 0.4) is 0 Å². The zero-order chi connectivity index (χ0) is 23.9. The van der Waals surface area contributed by atoms with E-state index >= 15 is 0 Å². The fourth-order valence-corrected chi connectivity index (χ4v) is 5.17. The smallest absolute Gasteiger partial charge is 0.274 e. The van der Waals surface area contributed by atoms with Crippen LogP contribution in [0.2, 0.25) is 0 Å². The summed E-state index contributed by atoms with van der Waals surface area (Å²) in [6, 6.07) is 13.2. The Morgan fingerprint density at radius 2 is 2.11 bits per heavy atom. The number of fused-ring (bicyclic) bond motifs is 2. The Kier molecular flexibility index (Phi) is 5.49. The fourth-order valence-electron chi connectivity index (χ4n) is 5.17. The Morgan fingerprint density at radius 3 is 2.83 bits per heavy atom. The van der Waals surface area contributed by atoms with E-state index in [4.69, 9.17) is 4.74 Å². The molecule has 2 aromatic carbocycles. The Balaban J connectivity index is 1.31. The first-order valence-electron chi connectivity index (χ1n) is 12.0. The van der Waals surface area contributed by atoms with Crippen LogP contribution in [0.4, 0.5) is 21.5 Å². The minimum atomic E-state index is -0.511. The van der Waals surface area contributed by atoms with Gasteiger partial charge in [0, 0.05) is 50.1 Å². The molecule has 2 N–H and O–H groups in total. The number of aromatic nitrogens is 2. The summed E-state index contributed by atoms with van der Waals surface area (Å²) in [5, 5.41) is 6.59. The van der Waals surface area contributed by atoms with Gasteiger partial charge in [-0.2, -0.15) is 0 Å². The Morgan fingerprint density at radius 1 is 1.23 bits per heavy atom. The summed E-state index contributed by atoms with van der Waals surface area (Å²) < 4.78 is 19.8. The number of ether oxygens (including phenoxy) is 1. The lowest BCUT2D eigenvalue weighted by atomic mass is 10.1. The van der Waals surface area contributed by atoms with Gasteiger partial charge in [0.2, 0.25) is 0 Å². The van der Waals surface area contributed by atoms with Gasteiger partial charge in [-0.1, -0.05) is 6.07 Å². The van der Waals surface area contributed by atoms with Crippen molar-refractivity contribution >= 4 is 23.0 Å².